The first-order valence-corrected chi connectivity index (χ1v) is 17.8. The molecule has 6 rings (SSSR count). The van der Waals surface area contributed by atoms with Crippen LogP contribution in [0.2, 0.25) is 0 Å². The number of aliphatic hydroxyl groups is 9. The van der Waals surface area contributed by atoms with E-state index in [2.05, 4.69) is 26.8 Å². The molecule has 0 spiro atoms. The summed E-state index contributed by atoms with van der Waals surface area (Å²) < 4.78 is 11.4. The van der Waals surface area contributed by atoms with Crippen molar-refractivity contribution in [2.45, 2.75) is 135 Å². The van der Waals surface area contributed by atoms with Gasteiger partial charge in [0.05, 0.1) is 43.5 Å². The Kier molecular flexibility index (Phi) is 9.10. The molecule has 0 aromatic heterocycles. The molecule has 0 unspecified atom stereocenters. The molecule has 0 aromatic carbocycles. The van der Waals surface area contributed by atoms with Gasteiger partial charge in [0.25, 0.3) is 0 Å². The molecule has 12 nitrogen and oxygen atoms in total. The van der Waals surface area contributed by atoms with E-state index in [1.807, 2.05) is 13.8 Å². The largest absolute Gasteiger partial charge is 0.432 e. The van der Waals surface area contributed by atoms with Gasteiger partial charge < -0.3 is 55.4 Å². The molecular weight excluding hydrogens is 624 g/mol. The van der Waals surface area contributed by atoms with Crippen LogP contribution < -0.4 is 0 Å². The Morgan fingerprint density at radius 2 is 1.48 bits per heavy atom. The Morgan fingerprint density at radius 1 is 0.833 bits per heavy atom. The summed E-state index contributed by atoms with van der Waals surface area (Å²) in [6, 6.07) is 0. The van der Waals surface area contributed by atoms with Gasteiger partial charge >= 0.3 is 5.97 Å². The Bertz CT molecular complexity index is 1280. The van der Waals surface area contributed by atoms with Crippen molar-refractivity contribution < 1.29 is 60.2 Å². The standard InChI is InChI=1S/C36H58O12/c1-31(2)10-12-35(30(46)48-29-26(43)25(42)24(41)20(15-37)47-29)13-11-33(4)18(23(35)28(31)45)6-7-21-32(3)14-19(40)27(44)36(16-38,17-39)22(32)8-9-34(21,33)5/h6,19-29,37-45H,7-17H2,1-5H3/t19-,20-,21+,22-,23+,24-,25+,26-,27+,28+,29+,32-,33-,34-,35+/m1/s1. The quantitative estimate of drug-likeness (QED) is 0.142. The average molecular weight is 683 g/mol. The first kappa shape index (κ1) is 36.6. The molecule has 0 amide bonds. The van der Waals surface area contributed by atoms with Gasteiger partial charge in [-0.3, -0.25) is 4.79 Å². The lowest BCUT2D eigenvalue weighted by molar-refractivity contribution is -0.298. The highest BCUT2D eigenvalue weighted by atomic mass is 16.7. The van der Waals surface area contributed by atoms with E-state index in [0.717, 1.165) is 12.0 Å². The molecule has 15 atom stereocenters. The average Bonchev–Trinajstić information content (AvgIpc) is 3.04. The van der Waals surface area contributed by atoms with Crippen molar-refractivity contribution in [1.29, 1.82) is 0 Å². The van der Waals surface area contributed by atoms with E-state index in [-0.39, 0.29) is 17.3 Å². The van der Waals surface area contributed by atoms with Gasteiger partial charge in [0.15, 0.2) is 0 Å². The molecule has 0 bridgehead atoms. The van der Waals surface area contributed by atoms with Crippen LogP contribution in [0.1, 0.15) is 86.0 Å². The molecule has 5 fully saturated rings. The van der Waals surface area contributed by atoms with Crippen LogP contribution in [-0.4, -0.2) is 121 Å². The maximum atomic E-state index is 14.4. The zero-order valence-corrected chi connectivity index (χ0v) is 29.0. The second-order valence-corrected chi connectivity index (χ2v) is 17.7. The van der Waals surface area contributed by atoms with Gasteiger partial charge in [-0.1, -0.05) is 46.3 Å². The third-order valence-corrected chi connectivity index (χ3v) is 15.5. The van der Waals surface area contributed by atoms with Crippen molar-refractivity contribution in [1.82, 2.24) is 0 Å². The Morgan fingerprint density at radius 3 is 2.10 bits per heavy atom. The molecule has 48 heavy (non-hydrogen) atoms. The minimum Gasteiger partial charge on any atom is -0.432 e. The van der Waals surface area contributed by atoms with E-state index >= 15 is 0 Å². The molecule has 5 aliphatic carbocycles. The van der Waals surface area contributed by atoms with E-state index in [9.17, 15) is 50.8 Å². The van der Waals surface area contributed by atoms with Crippen LogP contribution in [-0.2, 0) is 14.3 Å². The van der Waals surface area contributed by atoms with Crippen LogP contribution in [0.25, 0.3) is 0 Å². The fourth-order valence-electron chi connectivity index (χ4n) is 12.2. The smallest absolute Gasteiger partial charge is 0.315 e. The zero-order chi connectivity index (χ0) is 35.4. The van der Waals surface area contributed by atoms with Gasteiger partial charge in [-0.2, -0.15) is 0 Å². The lowest BCUT2D eigenvalue weighted by Crippen LogP contribution is -2.70. The van der Waals surface area contributed by atoms with Gasteiger partial charge in [-0.25, -0.2) is 0 Å². The minimum atomic E-state index is -1.74. The number of carbonyl (C=O) groups is 1. The van der Waals surface area contributed by atoms with Crippen molar-refractivity contribution in [2.24, 2.45) is 50.2 Å². The van der Waals surface area contributed by atoms with Crippen LogP contribution in [0.3, 0.4) is 0 Å². The molecule has 12 heteroatoms. The third-order valence-electron chi connectivity index (χ3n) is 15.5. The molecule has 0 radical (unpaired) electrons. The number of aliphatic hydroxyl groups excluding tert-OH is 9. The van der Waals surface area contributed by atoms with E-state index in [1.54, 1.807) is 0 Å². The monoisotopic (exact) mass is 682 g/mol. The van der Waals surface area contributed by atoms with Crippen LogP contribution in [0.5, 0.6) is 0 Å². The number of fused-ring (bicyclic) bond motifs is 7. The topological polar surface area (TPSA) is 218 Å². The SMILES string of the molecule is CC1(C)CC[C@]2(C(=O)O[C@@H]3O[C@H](CO)[C@@H](O)[C@H](O)[C@H]3O)CC[C@]3(C)C(=CC[C@H]4[C@@]5(C)C[C@@H](O)[C@H](O)C(CO)(CO)[C@@H]5CC[C@]43C)[C@H]2[C@@H]1O. The Hall–Kier alpha value is -1.19. The van der Waals surface area contributed by atoms with Gasteiger partial charge in [0.1, 0.15) is 24.4 Å². The second-order valence-electron chi connectivity index (χ2n) is 17.7. The van der Waals surface area contributed by atoms with E-state index in [4.69, 9.17) is 9.47 Å². The predicted molar refractivity (Wildman–Crippen MR) is 171 cm³/mol. The van der Waals surface area contributed by atoms with Crippen LogP contribution in [0.4, 0.5) is 0 Å². The molecule has 274 valence electrons. The number of ether oxygens (including phenoxy) is 2. The Labute approximate surface area is 282 Å². The first-order valence-electron chi connectivity index (χ1n) is 17.8. The summed E-state index contributed by atoms with van der Waals surface area (Å²) in [5, 5.41) is 96.6. The predicted octanol–water partition coefficient (Wildman–Crippen LogP) is 0.379. The lowest BCUT2D eigenvalue weighted by atomic mass is 9.33. The number of allylic oxidation sites excluding steroid dienone is 1. The summed E-state index contributed by atoms with van der Waals surface area (Å²) in [5.41, 5.74) is -3.27. The van der Waals surface area contributed by atoms with Gasteiger partial charge in [-0.05, 0) is 84.9 Å². The molecule has 9 N–H and O–H groups in total. The van der Waals surface area contributed by atoms with Crippen molar-refractivity contribution in [2.75, 3.05) is 19.8 Å². The fraction of sp³-hybridized carbons (Fsp3) is 0.917. The summed E-state index contributed by atoms with van der Waals surface area (Å²) in [7, 11) is 0. The molecule has 1 aliphatic heterocycles. The molecular formula is C36H58O12. The van der Waals surface area contributed by atoms with Crippen molar-refractivity contribution in [3.63, 3.8) is 0 Å². The summed E-state index contributed by atoms with van der Waals surface area (Å²) in [4.78, 5) is 14.4. The normalized spacial score (nSPS) is 52.5. The highest BCUT2D eigenvalue weighted by Gasteiger charge is 2.72. The molecule has 1 saturated heterocycles. The van der Waals surface area contributed by atoms with Crippen molar-refractivity contribution >= 4 is 5.97 Å². The first-order chi connectivity index (χ1) is 22.3. The minimum absolute atomic E-state index is 0.0134. The second kappa shape index (κ2) is 11.9. The van der Waals surface area contributed by atoms with Gasteiger partial charge in [-0.15, -0.1) is 0 Å². The summed E-state index contributed by atoms with van der Waals surface area (Å²) in [6.07, 6.45) is -4.76. The van der Waals surface area contributed by atoms with Crippen LogP contribution >= 0.6 is 0 Å². The van der Waals surface area contributed by atoms with Gasteiger partial charge in [0.2, 0.25) is 6.29 Å². The third kappa shape index (κ3) is 4.66. The number of hydrogen-bond donors (Lipinski definition) is 9. The van der Waals surface area contributed by atoms with Crippen molar-refractivity contribution in [3.05, 3.63) is 11.6 Å². The maximum absolute atomic E-state index is 14.4. The molecule has 6 aliphatic rings. The summed E-state index contributed by atoms with van der Waals surface area (Å²) >= 11 is 0. The number of esters is 1. The lowest BCUT2D eigenvalue weighted by Gasteiger charge is -2.72. The van der Waals surface area contributed by atoms with Gasteiger partial charge in [0, 0.05) is 11.3 Å². The summed E-state index contributed by atoms with van der Waals surface area (Å²) in [6.45, 7) is 9.07. The van der Waals surface area contributed by atoms with Crippen molar-refractivity contribution in [3.8, 4) is 0 Å². The Balaban J connectivity index is 1.39. The molecule has 0 aromatic rings. The highest BCUT2D eigenvalue weighted by molar-refractivity contribution is 5.79. The van der Waals surface area contributed by atoms with Crippen LogP contribution in [0, 0.1) is 50.2 Å². The zero-order valence-electron chi connectivity index (χ0n) is 29.0. The maximum Gasteiger partial charge on any atom is 0.315 e. The summed E-state index contributed by atoms with van der Waals surface area (Å²) in [5.74, 6) is -1.49. The fourth-order valence-corrected chi connectivity index (χ4v) is 12.2. The highest BCUT2D eigenvalue weighted by Crippen LogP contribution is 2.76. The molecule has 4 saturated carbocycles. The number of rotatable bonds is 5. The van der Waals surface area contributed by atoms with E-state index in [0.29, 0.717) is 44.9 Å². The number of carbonyl (C=O) groups excluding carboxylic acids is 1. The van der Waals surface area contributed by atoms with Crippen LogP contribution in [0.15, 0.2) is 11.6 Å². The number of hydrogen-bond acceptors (Lipinski definition) is 12. The van der Waals surface area contributed by atoms with E-state index in [1.165, 1.54) is 0 Å². The molecule has 1 heterocycles. The van der Waals surface area contributed by atoms with E-state index < -0.39 is 108 Å².